The number of rotatable bonds is 0. The number of benzene rings is 1. The molecule has 0 fully saturated rings. The fraction of sp³-hybridized carbons (Fsp3) is 0.125. The first-order chi connectivity index (χ1) is 5.95. The average molecular weight is 250 g/mol. The largest absolute Gasteiger partial charge is 0.407 e. The summed E-state index contributed by atoms with van der Waals surface area (Å²) in [7, 11) is 0. The molecule has 0 radical (unpaired) electrons. The third kappa shape index (κ3) is 2.22. The van der Waals surface area contributed by atoms with E-state index in [2.05, 4.69) is 20.8 Å². The third-order valence-electron chi connectivity index (χ3n) is 1.38. The Morgan fingerprint density at radius 1 is 1.31 bits per heavy atom. The first kappa shape index (κ1) is 10.1. The topological polar surface area (TPSA) is 4.36 Å². The van der Waals surface area contributed by atoms with Crippen LogP contribution in [0, 0.1) is 6.57 Å². The predicted octanol–water partition coefficient (Wildman–Crippen LogP) is 4.02. The van der Waals surface area contributed by atoms with Crippen LogP contribution in [0.1, 0.15) is 5.56 Å². The molecule has 0 aromatic heterocycles. The average Bonchev–Trinajstić information content (AvgIpc) is 2.03. The van der Waals surface area contributed by atoms with Gasteiger partial charge in [0.05, 0.1) is 12.1 Å². The minimum atomic E-state index is -4.47. The van der Waals surface area contributed by atoms with Gasteiger partial charge in [0.15, 0.2) is 5.69 Å². The van der Waals surface area contributed by atoms with Gasteiger partial charge in [-0.15, -0.1) is 0 Å². The van der Waals surface area contributed by atoms with E-state index in [1.165, 1.54) is 6.07 Å². The molecule has 0 heterocycles. The first-order valence-corrected chi connectivity index (χ1v) is 3.98. The molecule has 0 aliphatic rings. The molecule has 0 saturated carbocycles. The molecule has 68 valence electrons. The fourth-order valence-corrected chi connectivity index (χ4v) is 1.19. The maximum atomic E-state index is 12.3. The molecule has 0 aliphatic heterocycles. The van der Waals surface area contributed by atoms with E-state index in [4.69, 9.17) is 6.57 Å². The van der Waals surface area contributed by atoms with Gasteiger partial charge in [0.1, 0.15) is 0 Å². The maximum Gasteiger partial charge on any atom is 0.407 e. The second kappa shape index (κ2) is 3.38. The van der Waals surface area contributed by atoms with Crippen LogP contribution in [0.4, 0.5) is 18.9 Å². The lowest BCUT2D eigenvalue weighted by molar-refractivity contribution is -0.136. The van der Waals surface area contributed by atoms with Gasteiger partial charge in [0, 0.05) is 4.47 Å². The normalized spacial score (nSPS) is 11.0. The summed E-state index contributed by atoms with van der Waals surface area (Å²) in [5, 5.41) is 0. The molecule has 1 aromatic carbocycles. The highest BCUT2D eigenvalue weighted by Crippen LogP contribution is 2.37. The van der Waals surface area contributed by atoms with Crippen LogP contribution in [0.3, 0.4) is 0 Å². The molecule has 1 rings (SSSR count). The molecule has 0 bridgehead atoms. The van der Waals surface area contributed by atoms with Crippen molar-refractivity contribution < 1.29 is 13.2 Å². The smallest absolute Gasteiger partial charge is 0.238 e. The van der Waals surface area contributed by atoms with E-state index < -0.39 is 11.7 Å². The SMILES string of the molecule is [C-]#[N+]c1ccc(Br)cc1C(F)(F)F. The summed E-state index contributed by atoms with van der Waals surface area (Å²) in [5.41, 5.74) is -1.28. The molecule has 13 heavy (non-hydrogen) atoms. The number of nitrogens with zero attached hydrogens (tertiary/aromatic N) is 1. The highest BCUT2D eigenvalue weighted by molar-refractivity contribution is 9.10. The van der Waals surface area contributed by atoms with Crippen molar-refractivity contribution in [3.05, 3.63) is 39.7 Å². The van der Waals surface area contributed by atoms with Crippen LogP contribution >= 0.6 is 15.9 Å². The van der Waals surface area contributed by atoms with Crippen molar-refractivity contribution >= 4 is 21.6 Å². The van der Waals surface area contributed by atoms with Gasteiger partial charge in [-0.2, -0.15) is 13.2 Å². The van der Waals surface area contributed by atoms with Crippen LogP contribution in [-0.4, -0.2) is 0 Å². The lowest BCUT2D eigenvalue weighted by atomic mass is 10.2. The Kier molecular flexibility index (Phi) is 2.62. The van der Waals surface area contributed by atoms with Gasteiger partial charge in [0.2, 0.25) is 0 Å². The molecule has 0 saturated heterocycles. The van der Waals surface area contributed by atoms with Crippen LogP contribution in [0.5, 0.6) is 0 Å². The van der Waals surface area contributed by atoms with Crippen molar-refractivity contribution in [1.82, 2.24) is 0 Å². The van der Waals surface area contributed by atoms with E-state index in [9.17, 15) is 13.2 Å². The number of halogens is 4. The van der Waals surface area contributed by atoms with Crippen molar-refractivity contribution in [3.8, 4) is 0 Å². The highest BCUT2D eigenvalue weighted by atomic mass is 79.9. The monoisotopic (exact) mass is 249 g/mol. The summed E-state index contributed by atoms with van der Waals surface area (Å²) < 4.78 is 37.1. The predicted molar refractivity (Wildman–Crippen MR) is 45.4 cm³/mol. The Bertz CT molecular complexity index is 365. The highest BCUT2D eigenvalue weighted by Gasteiger charge is 2.33. The maximum absolute atomic E-state index is 12.3. The lowest BCUT2D eigenvalue weighted by Crippen LogP contribution is -2.04. The minimum Gasteiger partial charge on any atom is -0.238 e. The van der Waals surface area contributed by atoms with Gasteiger partial charge in [-0.05, 0) is 6.07 Å². The zero-order valence-corrected chi connectivity index (χ0v) is 7.78. The standard InChI is InChI=1S/C8H3BrF3N/c1-13-7-3-2-5(9)4-6(7)8(10,11)12/h2-4H. The summed E-state index contributed by atoms with van der Waals surface area (Å²) in [6.45, 7) is 6.54. The van der Waals surface area contributed by atoms with Crippen LogP contribution in [-0.2, 0) is 6.18 Å². The molecule has 1 nitrogen and oxygen atoms in total. The van der Waals surface area contributed by atoms with Crippen LogP contribution in [0.15, 0.2) is 22.7 Å². The molecular formula is C8H3BrF3N. The lowest BCUT2D eigenvalue weighted by Gasteiger charge is -2.08. The Morgan fingerprint density at radius 2 is 1.92 bits per heavy atom. The number of alkyl halides is 3. The van der Waals surface area contributed by atoms with Gasteiger partial charge in [0.25, 0.3) is 0 Å². The van der Waals surface area contributed by atoms with Crippen LogP contribution in [0.25, 0.3) is 4.85 Å². The molecule has 0 amide bonds. The molecule has 1 aromatic rings. The zero-order valence-electron chi connectivity index (χ0n) is 6.19. The quantitative estimate of drug-likeness (QED) is 0.612. The van der Waals surface area contributed by atoms with E-state index in [-0.39, 0.29) is 5.69 Å². The van der Waals surface area contributed by atoms with Crippen molar-refractivity contribution in [2.45, 2.75) is 6.18 Å². The zero-order chi connectivity index (χ0) is 10.1. The summed E-state index contributed by atoms with van der Waals surface area (Å²) in [6.07, 6.45) is -4.47. The van der Waals surface area contributed by atoms with Crippen molar-refractivity contribution in [2.75, 3.05) is 0 Å². The minimum absolute atomic E-state index is 0.312. The Hall–Kier alpha value is -1.02. The molecule has 0 aliphatic carbocycles. The van der Waals surface area contributed by atoms with Crippen molar-refractivity contribution in [3.63, 3.8) is 0 Å². The third-order valence-corrected chi connectivity index (χ3v) is 1.88. The molecule has 0 spiro atoms. The molecule has 0 unspecified atom stereocenters. The molecular weight excluding hydrogens is 247 g/mol. The van der Waals surface area contributed by atoms with Crippen LogP contribution in [0.2, 0.25) is 0 Å². The molecule has 0 atom stereocenters. The second-order valence-electron chi connectivity index (χ2n) is 2.27. The van der Waals surface area contributed by atoms with E-state index in [1.54, 1.807) is 0 Å². The number of hydrogen-bond donors (Lipinski definition) is 0. The molecule has 0 N–H and O–H groups in total. The fourth-order valence-electron chi connectivity index (χ4n) is 0.833. The van der Waals surface area contributed by atoms with E-state index in [0.29, 0.717) is 4.47 Å². The van der Waals surface area contributed by atoms with Gasteiger partial charge in [-0.3, -0.25) is 0 Å². The summed E-state index contributed by atoms with van der Waals surface area (Å²) in [6, 6.07) is 3.44. The van der Waals surface area contributed by atoms with Gasteiger partial charge in [-0.1, -0.05) is 28.1 Å². The van der Waals surface area contributed by atoms with E-state index in [0.717, 1.165) is 12.1 Å². The van der Waals surface area contributed by atoms with Crippen molar-refractivity contribution in [2.24, 2.45) is 0 Å². The summed E-state index contributed by atoms with van der Waals surface area (Å²) in [4.78, 5) is 2.79. The Balaban J connectivity index is 3.35. The number of hydrogen-bond acceptors (Lipinski definition) is 0. The van der Waals surface area contributed by atoms with E-state index in [1.807, 2.05) is 0 Å². The van der Waals surface area contributed by atoms with Crippen molar-refractivity contribution in [1.29, 1.82) is 0 Å². The molecule has 5 heteroatoms. The first-order valence-electron chi connectivity index (χ1n) is 3.19. The summed E-state index contributed by atoms with van der Waals surface area (Å²) in [5.74, 6) is 0. The van der Waals surface area contributed by atoms with Gasteiger partial charge in [-0.25, -0.2) is 4.85 Å². The van der Waals surface area contributed by atoms with Gasteiger partial charge < -0.3 is 0 Å². The Labute approximate surface area is 81.1 Å². The summed E-state index contributed by atoms with van der Waals surface area (Å²) >= 11 is 2.92. The van der Waals surface area contributed by atoms with Gasteiger partial charge >= 0.3 is 6.18 Å². The van der Waals surface area contributed by atoms with Crippen LogP contribution < -0.4 is 0 Å². The Morgan fingerprint density at radius 3 is 2.38 bits per heavy atom. The second-order valence-corrected chi connectivity index (χ2v) is 3.19. The van der Waals surface area contributed by atoms with E-state index >= 15 is 0 Å².